The van der Waals surface area contributed by atoms with Crippen molar-refractivity contribution in [2.45, 2.75) is 83.4 Å². The number of fused-ring (bicyclic) bond motifs is 1. The predicted molar refractivity (Wildman–Crippen MR) is 146 cm³/mol. The summed E-state index contributed by atoms with van der Waals surface area (Å²) in [5, 5.41) is 4.95. The maximum Gasteiger partial charge on any atom is 0.416 e. The molecular weight excluding hydrogens is 507 g/mol. The summed E-state index contributed by atoms with van der Waals surface area (Å²) >= 11 is 0. The lowest BCUT2D eigenvalue weighted by atomic mass is 9.96. The molecule has 7 nitrogen and oxygen atoms in total. The summed E-state index contributed by atoms with van der Waals surface area (Å²) < 4.78 is 48.8. The molecule has 0 bridgehead atoms. The standard InChI is InChI=1S/C29H38F3N5O2/c1-5-22-17-36(23(6-2)16-35(22)19(3)20-10-12-21(13-11-20)29(30,31)32)24-15-26(38)34(4)25-18-37(33-28(24)25)27-9-7-8-14-39-27/h10-13,15,18-19,22-23,27H,5-9,14,16-17H2,1-4H3/t19?,22-,23+,27?/m1/s1. The number of benzene rings is 1. The van der Waals surface area contributed by atoms with Gasteiger partial charge in [-0.25, -0.2) is 4.68 Å². The number of pyridine rings is 1. The highest BCUT2D eigenvalue weighted by Crippen LogP contribution is 2.36. The largest absolute Gasteiger partial charge is 0.416 e. The average Bonchev–Trinajstić information content (AvgIpc) is 3.40. The number of alkyl halides is 3. The maximum atomic E-state index is 13.1. The van der Waals surface area contributed by atoms with Gasteiger partial charge < -0.3 is 14.2 Å². The number of aryl methyl sites for hydroxylation is 1. The van der Waals surface area contributed by atoms with E-state index in [-0.39, 0.29) is 29.9 Å². The van der Waals surface area contributed by atoms with Crippen LogP contribution < -0.4 is 10.5 Å². The third-order valence-corrected chi connectivity index (χ3v) is 8.57. The van der Waals surface area contributed by atoms with Gasteiger partial charge in [0.2, 0.25) is 0 Å². The second-order valence-electron chi connectivity index (χ2n) is 10.9. The lowest BCUT2D eigenvalue weighted by molar-refractivity contribution is -0.137. The third kappa shape index (κ3) is 5.33. The van der Waals surface area contributed by atoms with Gasteiger partial charge >= 0.3 is 6.18 Å². The van der Waals surface area contributed by atoms with E-state index in [2.05, 4.69) is 30.6 Å². The molecule has 10 heteroatoms. The van der Waals surface area contributed by atoms with E-state index in [9.17, 15) is 18.0 Å². The van der Waals surface area contributed by atoms with Crippen LogP contribution >= 0.6 is 0 Å². The van der Waals surface area contributed by atoms with Crippen LogP contribution in [0.4, 0.5) is 18.9 Å². The lowest BCUT2D eigenvalue weighted by Crippen LogP contribution is -2.58. The number of hydrogen-bond donors (Lipinski definition) is 0. The van der Waals surface area contributed by atoms with E-state index in [0.29, 0.717) is 13.2 Å². The number of anilines is 1. The van der Waals surface area contributed by atoms with Crippen molar-refractivity contribution in [2.24, 2.45) is 7.05 Å². The number of aromatic nitrogens is 3. The Balaban J connectivity index is 1.46. The first kappa shape index (κ1) is 27.7. The van der Waals surface area contributed by atoms with E-state index in [1.54, 1.807) is 29.8 Å². The molecule has 0 aliphatic carbocycles. The molecule has 5 rings (SSSR count). The Hall–Kier alpha value is -2.85. The second kappa shape index (κ2) is 11.0. The fraction of sp³-hybridized carbons (Fsp3) is 0.586. The molecule has 2 aromatic heterocycles. The van der Waals surface area contributed by atoms with Crippen LogP contribution in [-0.4, -0.2) is 51.0 Å². The number of ether oxygens (including phenoxy) is 1. The summed E-state index contributed by atoms with van der Waals surface area (Å²) in [6.07, 6.45) is 2.22. The Morgan fingerprint density at radius 2 is 1.79 bits per heavy atom. The Morgan fingerprint density at radius 1 is 1.08 bits per heavy atom. The molecule has 0 amide bonds. The van der Waals surface area contributed by atoms with E-state index in [0.717, 1.165) is 60.9 Å². The van der Waals surface area contributed by atoms with E-state index >= 15 is 0 Å². The molecule has 0 saturated carbocycles. The highest BCUT2D eigenvalue weighted by Gasteiger charge is 2.37. The Bertz CT molecular complexity index is 1340. The molecule has 2 unspecified atom stereocenters. The number of piperazine rings is 1. The zero-order chi connectivity index (χ0) is 27.9. The summed E-state index contributed by atoms with van der Waals surface area (Å²) in [7, 11) is 1.78. The highest BCUT2D eigenvalue weighted by molar-refractivity contribution is 5.88. The molecule has 0 spiro atoms. The molecule has 2 fully saturated rings. The summed E-state index contributed by atoms with van der Waals surface area (Å²) in [5.41, 5.74) is 2.58. The van der Waals surface area contributed by atoms with E-state index in [1.165, 1.54) is 12.1 Å². The zero-order valence-corrected chi connectivity index (χ0v) is 23.1. The highest BCUT2D eigenvalue weighted by atomic mass is 19.4. The number of halogens is 3. The van der Waals surface area contributed by atoms with E-state index < -0.39 is 11.7 Å². The topological polar surface area (TPSA) is 55.5 Å². The molecule has 2 aliphatic heterocycles. The maximum absolute atomic E-state index is 13.1. The Kier molecular flexibility index (Phi) is 7.79. The molecule has 3 aromatic rings. The first-order chi connectivity index (χ1) is 18.6. The lowest BCUT2D eigenvalue weighted by Gasteiger charge is -2.49. The van der Waals surface area contributed by atoms with E-state index in [4.69, 9.17) is 9.84 Å². The second-order valence-corrected chi connectivity index (χ2v) is 10.9. The Morgan fingerprint density at radius 3 is 2.41 bits per heavy atom. The minimum absolute atomic E-state index is 0.0419. The molecule has 4 atom stereocenters. The number of hydrogen-bond acceptors (Lipinski definition) is 5. The van der Waals surface area contributed by atoms with Crippen molar-refractivity contribution in [1.82, 2.24) is 19.2 Å². The quantitative estimate of drug-likeness (QED) is 0.387. The monoisotopic (exact) mass is 545 g/mol. The molecule has 0 radical (unpaired) electrons. The zero-order valence-electron chi connectivity index (χ0n) is 23.1. The molecule has 0 N–H and O–H groups in total. The van der Waals surface area contributed by atoms with Crippen LogP contribution in [0.25, 0.3) is 11.0 Å². The van der Waals surface area contributed by atoms with Crippen LogP contribution in [0.2, 0.25) is 0 Å². The van der Waals surface area contributed by atoms with Gasteiger partial charge in [0.15, 0.2) is 0 Å². The average molecular weight is 546 g/mol. The first-order valence-electron chi connectivity index (χ1n) is 14.0. The number of rotatable bonds is 6. The Labute approximate surface area is 227 Å². The smallest absolute Gasteiger partial charge is 0.364 e. The van der Waals surface area contributed by atoms with Crippen molar-refractivity contribution in [2.75, 3.05) is 24.6 Å². The van der Waals surface area contributed by atoms with Gasteiger partial charge in [0.25, 0.3) is 5.56 Å². The minimum atomic E-state index is -4.35. The van der Waals surface area contributed by atoms with Gasteiger partial charge in [-0.2, -0.15) is 18.3 Å². The third-order valence-electron chi connectivity index (χ3n) is 8.57. The van der Waals surface area contributed by atoms with Crippen molar-refractivity contribution in [1.29, 1.82) is 0 Å². The predicted octanol–water partition coefficient (Wildman–Crippen LogP) is 5.89. The van der Waals surface area contributed by atoms with Crippen molar-refractivity contribution in [3.05, 3.63) is 58.0 Å². The van der Waals surface area contributed by atoms with Crippen LogP contribution in [0.3, 0.4) is 0 Å². The molecule has 4 heterocycles. The number of nitrogens with zero attached hydrogens (tertiary/aromatic N) is 5. The van der Waals surface area contributed by atoms with Crippen LogP contribution in [-0.2, 0) is 18.0 Å². The van der Waals surface area contributed by atoms with Gasteiger partial charge in [-0.15, -0.1) is 0 Å². The van der Waals surface area contributed by atoms with Crippen molar-refractivity contribution < 1.29 is 17.9 Å². The van der Waals surface area contributed by atoms with Gasteiger partial charge in [-0.3, -0.25) is 9.69 Å². The van der Waals surface area contributed by atoms with Gasteiger partial charge in [0.1, 0.15) is 11.7 Å². The molecular formula is C29H38F3N5O2. The van der Waals surface area contributed by atoms with Crippen molar-refractivity contribution in [3.63, 3.8) is 0 Å². The van der Waals surface area contributed by atoms with Crippen LogP contribution in [0.5, 0.6) is 0 Å². The SMILES string of the molecule is CC[C@H]1CN(C(C)c2ccc(C(F)(F)F)cc2)[C@H](CC)CN1c1cc(=O)n(C)c2cn(C3CCCCO3)nc12. The molecule has 2 aliphatic rings. The molecule has 2 saturated heterocycles. The summed E-state index contributed by atoms with van der Waals surface area (Å²) in [4.78, 5) is 17.8. The van der Waals surface area contributed by atoms with Crippen molar-refractivity contribution >= 4 is 16.7 Å². The fourth-order valence-corrected chi connectivity index (χ4v) is 6.11. The summed E-state index contributed by atoms with van der Waals surface area (Å²) in [6.45, 7) is 8.49. The van der Waals surface area contributed by atoms with Gasteiger partial charge in [0.05, 0.1) is 23.0 Å². The fourth-order valence-electron chi connectivity index (χ4n) is 6.11. The first-order valence-corrected chi connectivity index (χ1v) is 14.0. The molecule has 1 aromatic carbocycles. The van der Waals surface area contributed by atoms with E-state index in [1.807, 2.05) is 10.9 Å². The van der Waals surface area contributed by atoms with Gasteiger partial charge in [0, 0.05) is 50.9 Å². The van der Waals surface area contributed by atoms with Crippen molar-refractivity contribution in [3.8, 4) is 0 Å². The van der Waals surface area contributed by atoms with Crippen LogP contribution in [0.1, 0.15) is 76.3 Å². The van der Waals surface area contributed by atoms with Gasteiger partial charge in [-0.1, -0.05) is 26.0 Å². The summed E-state index contributed by atoms with van der Waals surface area (Å²) in [6, 6.07) is 7.47. The molecule has 39 heavy (non-hydrogen) atoms. The minimum Gasteiger partial charge on any atom is -0.364 e. The van der Waals surface area contributed by atoms with Crippen LogP contribution in [0, 0.1) is 0 Å². The van der Waals surface area contributed by atoms with Crippen LogP contribution in [0.15, 0.2) is 41.3 Å². The normalized spacial score (nSPS) is 23.9. The summed E-state index contributed by atoms with van der Waals surface area (Å²) in [5.74, 6) is 0. The van der Waals surface area contributed by atoms with Gasteiger partial charge in [-0.05, 0) is 56.7 Å². The molecule has 212 valence electrons.